The van der Waals surface area contributed by atoms with Gasteiger partial charge in [0, 0.05) is 12.1 Å². The van der Waals surface area contributed by atoms with Gasteiger partial charge in [-0.3, -0.25) is 10.1 Å². The molecule has 0 radical (unpaired) electrons. The quantitative estimate of drug-likeness (QED) is 0.298. The van der Waals surface area contributed by atoms with Crippen LogP contribution >= 0.6 is 0 Å². The van der Waals surface area contributed by atoms with Crippen molar-refractivity contribution in [2.45, 2.75) is 12.2 Å². The molecule has 2 aromatic carbocycles. The Morgan fingerprint density at radius 1 is 1.17 bits per heavy atom. The van der Waals surface area contributed by atoms with Crippen LogP contribution in [0, 0.1) is 10.1 Å². The first-order valence-corrected chi connectivity index (χ1v) is 6.91. The number of hydrogen-bond acceptors (Lipinski definition) is 6. The van der Waals surface area contributed by atoms with Crippen molar-refractivity contribution in [1.29, 1.82) is 0 Å². The van der Waals surface area contributed by atoms with E-state index in [-0.39, 0.29) is 30.1 Å². The van der Waals surface area contributed by atoms with Crippen molar-refractivity contribution in [1.82, 2.24) is 0 Å². The Balaban J connectivity index is 1.64. The van der Waals surface area contributed by atoms with E-state index in [2.05, 4.69) is 0 Å². The molecule has 7 nitrogen and oxygen atoms in total. The number of hydrogen-bond donors (Lipinski definition) is 1. The molecule has 2 aromatic rings. The lowest BCUT2D eigenvalue weighted by molar-refractivity contribution is -0.384. The molecule has 1 saturated heterocycles. The maximum absolute atomic E-state index is 12.0. The van der Waals surface area contributed by atoms with Gasteiger partial charge in [0.15, 0.2) is 0 Å². The van der Waals surface area contributed by atoms with Crippen LogP contribution in [0.3, 0.4) is 0 Å². The molecule has 1 heterocycles. The first kappa shape index (κ1) is 15.1. The number of carbonyl (C=O) groups excluding carboxylic acids is 1. The summed E-state index contributed by atoms with van der Waals surface area (Å²) in [6, 6.07) is 12.0. The fourth-order valence-corrected chi connectivity index (χ4v) is 2.19. The predicted octanol–water partition coefficient (Wildman–Crippen LogP) is 2.25. The van der Waals surface area contributed by atoms with Crippen LogP contribution in [-0.2, 0) is 4.74 Å². The van der Waals surface area contributed by atoms with E-state index in [9.17, 15) is 14.9 Å². The molecule has 1 aliphatic heterocycles. The van der Waals surface area contributed by atoms with Crippen molar-refractivity contribution < 1.29 is 24.3 Å². The Bertz CT molecular complexity index is 725. The highest BCUT2D eigenvalue weighted by atomic mass is 16.6. The van der Waals surface area contributed by atoms with Crippen LogP contribution in [0.25, 0.3) is 0 Å². The van der Waals surface area contributed by atoms with Crippen molar-refractivity contribution in [3.05, 3.63) is 69.8 Å². The van der Waals surface area contributed by atoms with Gasteiger partial charge >= 0.3 is 5.97 Å². The Kier molecular flexibility index (Phi) is 4.05. The van der Waals surface area contributed by atoms with Crippen LogP contribution in [0.2, 0.25) is 0 Å². The van der Waals surface area contributed by atoms with Crippen LogP contribution in [0.15, 0.2) is 48.5 Å². The van der Waals surface area contributed by atoms with Crippen molar-refractivity contribution in [2.75, 3.05) is 6.61 Å². The molecule has 0 bridgehead atoms. The summed E-state index contributed by atoms with van der Waals surface area (Å²) < 4.78 is 10.5. The maximum Gasteiger partial charge on any atom is 0.343 e. The summed E-state index contributed by atoms with van der Waals surface area (Å²) in [5, 5.41) is 19.5. The molecule has 0 amide bonds. The average molecular weight is 315 g/mol. The summed E-state index contributed by atoms with van der Waals surface area (Å²) in [5.41, 5.74) is 1.04. The molecule has 23 heavy (non-hydrogen) atoms. The standard InChI is InChI=1S/C16H13NO6/c18-9-14-15(23-14)10-3-7-13(8-4-10)22-16(19)11-1-5-12(6-2-11)17(20)21/h1-8,14-15,18H,9H2/t14-,15-/m0/s1. The fraction of sp³-hybridized carbons (Fsp3) is 0.188. The molecule has 0 spiro atoms. The minimum atomic E-state index is -0.594. The summed E-state index contributed by atoms with van der Waals surface area (Å²) >= 11 is 0. The Morgan fingerprint density at radius 2 is 1.83 bits per heavy atom. The lowest BCUT2D eigenvalue weighted by Gasteiger charge is -2.05. The lowest BCUT2D eigenvalue weighted by Crippen LogP contribution is -2.08. The number of ether oxygens (including phenoxy) is 2. The van der Waals surface area contributed by atoms with E-state index in [0.717, 1.165) is 5.56 Å². The smallest absolute Gasteiger partial charge is 0.343 e. The minimum absolute atomic E-state index is 0.0262. The largest absolute Gasteiger partial charge is 0.423 e. The zero-order valence-corrected chi connectivity index (χ0v) is 11.9. The third kappa shape index (κ3) is 3.36. The second-order valence-corrected chi connectivity index (χ2v) is 5.04. The number of nitro benzene ring substituents is 1. The molecule has 0 unspecified atom stereocenters. The van der Waals surface area contributed by atoms with Crippen molar-refractivity contribution >= 4 is 11.7 Å². The molecule has 2 atom stereocenters. The number of nitro groups is 1. The highest BCUT2D eigenvalue weighted by Crippen LogP contribution is 2.38. The number of non-ortho nitro benzene ring substituents is 1. The van der Waals surface area contributed by atoms with E-state index in [0.29, 0.717) is 5.75 Å². The van der Waals surface area contributed by atoms with E-state index in [1.807, 2.05) is 0 Å². The number of epoxide rings is 1. The van der Waals surface area contributed by atoms with Crippen LogP contribution in [0.1, 0.15) is 22.0 Å². The summed E-state index contributed by atoms with van der Waals surface area (Å²) in [7, 11) is 0. The Hall–Kier alpha value is -2.77. The van der Waals surface area contributed by atoms with E-state index >= 15 is 0 Å². The second-order valence-electron chi connectivity index (χ2n) is 5.04. The highest BCUT2D eigenvalue weighted by molar-refractivity contribution is 5.91. The van der Waals surface area contributed by atoms with E-state index < -0.39 is 10.9 Å². The molecule has 118 valence electrons. The SMILES string of the molecule is O=C(Oc1ccc([C@@H]2O[C@H]2CO)cc1)c1ccc([N+](=O)[O-])cc1. The number of carbonyl (C=O) groups is 1. The molecule has 0 aliphatic carbocycles. The summed E-state index contributed by atoms with van der Waals surface area (Å²) in [6.45, 7) is -0.0262. The van der Waals surface area contributed by atoms with Crippen LogP contribution in [0.4, 0.5) is 5.69 Å². The zero-order valence-electron chi connectivity index (χ0n) is 11.9. The van der Waals surface area contributed by atoms with Crippen molar-refractivity contribution in [2.24, 2.45) is 0 Å². The number of rotatable bonds is 5. The number of aliphatic hydroxyl groups is 1. The van der Waals surface area contributed by atoms with Gasteiger partial charge < -0.3 is 14.6 Å². The van der Waals surface area contributed by atoms with Crippen LogP contribution in [0.5, 0.6) is 5.75 Å². The monoisotopic (exact) mass is 315 g/mol. The number of esters is 1. The highest BCUT2D eigenvalue weighted by Gasteiger charge is 2.39. The van der Waals surface area contributed by atoms with E-state index in [1.54, 1.807) is 24.3 Å². The molecule has 0 saturated carbocycles. The zero-order chi connectivity index (χ0) is 16.4. The van der Waals surface area contributed by atoms with Gasteiger partial charge in [-0.2, -0.15) is 0 Å². The van der Waals surface area contributed by atoms with Gasteiger partial charge in [0.05, 0.1) is 17.1 Å². The molecular formula is C16H13NO6. The Labute approximate surface area is 131 Å². The third-order valence-electron chi connectivity index (χ3n) is 3.50. The van der Waals surface area contributed by atoms with Gasteiger partial charge in [-0.1, -0.05) is 12.1 Å². The molecule has 1 N–H and O–H groups in total. The molecule has 1 fully saturated rings. The van der Waals surface area contributed by atoms with Gasteiger partial charge in [-0.05, 0) is 29.8 Å². The van der Waals surface area contributed by atoms with Gasteiger partial charge in [0.1, 0.15) is 18.0 Å². The number of benzene rings is 2. The summed E-state index contributed by atoms with van der Waals surface area (Å²) in [5.74, 6) is -0.234. The second kappa shape index (κ2) is 6.15. The average Bonchev–Trinajstić information content (AvgIpc) is 3.35. The summed E-state index contributed by atoms with van der Waals surface area (Å²) in [4.78, 5) is 22.0. The van der Waals surface area contributed by atoms with E-state index in [1.165, 1.54) is 24.3 Å². The van der Waals surface area contributed by atoms with Gasteiger partial charge in [0.25, 0.3) is 5.69 Å². The minimum Gasteiger partial charge on any atom is -0.423 e. The lowest BCUT2D eigenvalue weighted by atomic mass is 10.1. The van der Waals surface area contributed by atoms with Gasteiger partial charge in [-0.15, -0.1) is 0 Å². The number of aliphatic hydroxyl groups excluding tert-OH is 1. The van der Waals surface area contributed by atoms with Gasteiger partial charge in [-0.25, -0.2) is 4.79 Å². The van der Waals surface area contributed by atoms with Crippen molar-refractivity contribution in [3.8, 4) is 5.75 Å². The van der Waals surface area contributed by atoms with Crippen LogP contribution in [-0.4, -0.2) is 28.7 Å². The summed E-state index contributed by atoms with van der Waals surface area (Å²) in [6.07, 6.45) is -0.275. The molecule has 3 rings (SSSR count). The first-order chi connectivity index (χ1) is 11.1. The molecule has 7 heteroatoms. The van der Waals surface area contributed by atoms with Crippen LogP contribution < -0.4 is 4.74 Å². The first-order valence-electron chi connectivity index (χ1n) is 6.91. The Morgan fingerprint density at radius 3 is 2.35 bits per heavy atom. The normalized spacial score (nSPS) is 19.2. The topological polar surface area (TPSA) is 102 Å². The third-order valence-corrected chi connectivity index (χ3v) is 3.50. The fourth-order valence-electron chi connectivity index (χ4n) is 2.19. The molecule has 0 aromatic heterocycles. The van der Waals surface area contributed by atoms with Gasteiger partial charge in [0.2, 0.25) is 0 Å². The molecule has 1 aliphatic rings. The number of nitrogens with zero attached hydrogens (tertiary/aromatic N) is 1. The van der Waals surface area contributed by atoms with Crippen molar-refractivity contribution in [3.63, 3.8) is 0 Å². The van der Waals surface area contributed by atoms with E-state index in [4.69, 9.17) is 14.6 Å². The predicted molar refractivity (Wildman–Crippen MR) is 79.2 cm³/mol. The molecular weight excluding hydrogens is 302 g/mol. The maximum atomic E-state index is 12.0.